The fourth-order valence-electron chi connectivity index (χ4n) is 0.989. The van der Waals surface area contributed by atoms with Crippen LogP contribution in [0.5, 0.6) is 0 Å². The Labute approximate surface area is 90.4 Å². The fourth-order valence-corrected chi connectivity index (χ4v) is 1.76. The normalized spacial score (nSPS) is 10.1. The molecule has 0 atom stereocenters. The molecular formula is C12H15NS. The third-order valence-corrected chi connectivity index (χ3v) is 2.79. The first-order valence-corrected chi connectivity index (χ1v) is 5.64. The van der Waals surface area contributed by atoms with E-state index < -0.39 is 0 Å². The molecule has 0 aliphatic carbocycles. The molecule has 1 aromatic rings. The van der Waals surface area contributed by atoms with E-state index in [1.54, 1.807) is 11.9 Å². The summed E-state index contributed by atoms with van der Waals surface area (Å²) in [6, 6.07) is 8.62. The van der Waals surface area contributed by atoms with E-state index in [4.69, 9.17) is 6.42 Å². The van der Waals surface area contributed by atoms with Crippen molar-refractivity contribution in [1.29, 1.82) is 0 Å². The zero-order chi connectivity index (χ0) is 10.4. The van der Waals surface area contributed by atoms with Crippen molar-refractivity contribution < 1.29 is 0 Å². The first-order valence-electron chi connectivity index (χ1n) is 4.65. The molecule has 14 heavy (non-hydrogen) atoms. The molecule has 0 amide bonds. The maximum Gasteiger partial charge on any atom is 0.0330 e. The molecule has 1 aromatic carbocycles. The summed E-state index contributed by atoms with van der Waals surface area (Å²) >= 11 is 1.73. The quantitative estimate of drug-likeness (QED) is 0.599. The van der Waals surface area contributed by atoms with Gasteiger partial charge in [-0.05, 0) is 31.5 Å². The van der Waals surface area contributed by atoms with Gasteiger partial charge in [-0.2, -0.15) is 0 Å². The van der Waals surface area contributed by atoms with Crippen LogP contribution < -0.4 is 4.72 Å². The molecule has 1 nitrogen and oxygen atoms in total. The summed E-state index contributed by atoms with van der Waals surface area (Å²) < 4.78 is 3.30. The lowest BCUT2D eigenvalue weighted by atomic mass is 10.2. The maximum atomic E-state index is 5.27. The van der Waals surface area contributed by atoms with Gasteiger partial charge in [0.05, 0.1) is 0 Å². The van der Waals surface area contributed by atoms with Crippen LogP contribution in [0.2, 0.25) is 0 Å². The fraction of sp³-hybridized carbons (Fsp3) is 0.333. The van der Waals surface area contributed by atoms with Crippen molar-refractivity contribution in [2.75, 3.05) is 0 Å². The average Bonchev–Trinajstić information content (AvgIpc) is 2.18. The molecule has 2 heteroatoms. The highest BCUT2D eigenvalue weighted by molar-refractivity contribution is 7.96. The molecule has 1 rings (SSSR count). The molecule has 0 aliphatic rings. The Hall–Kier alpha value is -0.910. The number of hydrogen-bond donors (Lipinski definition) is 1. The minimum atomic E-state index is 0.519. The third kappa shape index (κ3) is 3.87. The van der Waals surface area contributed by atoms with Gasteiger partial charge < -0.3 is 0 Å². The molecule has 0 radical (unpaired) electrons. The van der Waals surface area contributed by atoms with Gasteiger partial charge >= 0.3 is 0 Å². The molecular weight excluding hydrogens is 190 g/mol. The largest absolute Gasteiger partial charge is 0.261 e. The predicted molar refractivity (Wildman–Crippen MR) is 63.9 cm³/mol. The van der Waals surface area contributed by atoms with Gasteiger partial charge in [0.25, 0.3) is 0 Å². The Morgan fingerprint density at radius 3 is 2.50 bits per heavy atom. The number of benzene rings is 1. The van der Waals surface area contributed by atoms with Crippen LogP contribution in [0.3, 0.4) is 0 Å². The molecule has 0 saturated heterocycles. The highest BCUT2D eigenvalue weighted by Crippen LogP contribution is 2.10. The Morgan fingerprint density at radius 1 is 1.36 bits per heavy atom. The molecule has 0 heterocycles. The van der Waals surface area contributed by atoms with Gasteiger partial charge in [0.1, 0.15) is 0 Å². The lowest BCUT2D eigenvalue weighted by Gasteiger charge is -2.06. The van der Waals surface area contributed by atoms with Gasteiger partial charge in [0.15, 0.2) is 0 Å². The molecule has 0 aromatic heterocycles. The second kappa shape index (κ2) is 5.74. The molecule has 0 unspecified atom stereocenters. The van der Waals surface area contributed by atoms with E-state index in [0.29, 0.717) is 6.04 Å². The Kier molecular flexibility index (Phi) is 4.58. The standard InChI is InChI=1S/C12H15NS/c1-4-11-5-7-12(8-6-11)9-14-13-10(2)3/h1,5-8,10,13H,9H2,2-3H3. The highest BCUT2D eigenvalue weighted by Gasteiger charge is 1.95. The van der Waals surface area contributed by atoms with Crippen LogP contribution in [0, 0.1) is 12.3 Å². The SMILES string of the molecule is C#Cc1ccc(CSNC(C)C)cc1. The van der Waals surface area contributed by atoms with Crippen molar-refractivity contribution >= 4 is 11.9 Å². The highest BCUT2D eigenvalue weighted by atomic mass is 32.2. The lowest BCUT2D eigenvalue weighted by molar-refractivity contribution is 0.770. The van der Waals surface area contributed by atoms with E-state index >= 15 is 0 Å². The van der Waals surface area contributed by atoms with E-state index in [1.807, 2.05) is 12.1 Å². The summed E-state index contributed by atoms with van der Waals surface area (Å²) in [6.45, 7) is 4.27. The number of rotatable bonds is 4. The number of nitrogens with one attached hydrogen (secondary N) is 1. The van der Waals surface area contributed by atoms with Gasteiger partial charge in [-0.1, -0.05) is 30.0 Å². The van der Waals surface area contributed by atoms with Crippen molar-refractivity contribution in [2.24, 2.45) is 0 Å². The van der Waals surface area contributed by atoms with E-state index in [9.17, 15) is 0 Å². The zero-order valence-corrected chi connectivity index (χ0v) is 9.40. The monoisotopic (exact) mass is 205 g/mol. The van der Waals surface area contributed by atoms with Crippen molar-refractivity contribution in [3.63, 3.8) is 0 Å². The minimum Gasteiger partial charge on any atom is -0.261 e. The van der Waals surface area contributed by atoms with Crippen molar-refractivity contribution in [3.05, 3.63) is 35.4 Å². The topological polar surface area (TPSA) is 12.0 Å². The van der Waals surface area contributed by atoms with Crippen molar-refractivity contribution in [3.8, 4) is 12.3 Å². The van der Waals surface area contributed by atoms with Crippen molar-refractivity contribution in [2.45, 2.75) is 25.6 Å². The van der Waals surface area contributed by atoms with Crippen molar-refractivity contribution in [1.82, 2.24) is 4.72 Å². The predicted octanol–water partition coefficient (Wildman–Crippen LogP) is 2.81. The van der Waals surface area contributed by atoms with E-state index in [2.05, 4.69) is 36.6 Å². The Balaban J connectivity index is 2.41. The third-order valence-electron chi connectivity index (χ3n) is 1.68. The summed E-state index contributed by atoms with van der Waals surface area (Å²) in [6.07, 6.45) is 5.27. The Morgan fingerprint density at radius 2 is 2.00 bits per heavy atom. The second-order valence-electron chi connectivity index (χ2n) is 3.40. The van der Waals surface area contributed by atoms with Crippen LogP contribution in [0.4, 0.5) is 0 Å². The van der Waals surface area contributed by atoms with Crippen LogP contribution in [-0.4, -0.2) is 6.04 Å². The van der Waals surface area contributed by atoms with Gasteiger partial charge in [-0.25, -0.2) is 0 Å². The molecule has 0 aliphatic heterocycles. The van der Waals surface area contributed by atoms with E-state index in [-0.39, 0.29) is 0 Å². The average molecular weight is 205 g/mol. The Bertz CT molecular complexity index is 308. The number of hydrogen-bond acceptors (Lipinski definition) is 2. The maximum absolute atomic E-state index is 5.27. The molecule has 0 bridgehead atoms. The first kappa shape index (κ1) is 11.2. The molecule has 1 N–H and O–H groups in total. The van der Waals surface area contributed by atoms with Gasteiger partial charge in [0.2, 0.25) is 0 Å². The van der Waals surface area contributed by atoms with Crippen LogP contribution >= 0.6 is 11.9 Å². The smallest absolute Gasteiger partial charge is 0.0330 e. The van der Waals surface area contributed by atoms with Gasteiger partial charge in [-0.3, -0.25) is 4.72 Å². The zero-order valence-electron chi connectivity index (χ0n) is 8.58. The van der Waals surface area contributed by atoms with Gasteiger partial charge in [0, 0.05) is 17.4 Å². The summed E-state index contributed by atoms with van der Waals surface area (Å²) in [5.74, 6) is 3.58. The first-order chi connectivity index (χ1) is 6.72. The summed E-state index contributed by atoms with van der Waals surface area (Å²) in [5.41, 5.74) is 2.23. The van der Waals surface area contributed by atoms with Crippen LogP contribution in [0.25, 0.3) is 0 Å². The van der Waals surface area contributed by atoms with Crippen LogP contribution in [-0.2, 0) is 5.75 Å². The molecule has 0 saturated carbocycles. The minimum absolute atomic E-state index is 0.519. The van der Waals surface area contributed by atoms with E-state index in [1.165, 1.54) is 5.56 Å². The van der Waals surface area contributed by atoms with Gasteiger partial charge in [-0.15, -0.1) is 6.42 Å². The van der Waals surface area contributed by atoms with Crippen LogP contribution in [0.15, 0.2) is 24.3 Å². The van der Waals surface area contributed by atoms with Crippen LogP contribution in [0.1, 0.15) is 25.0 Å². The molecule has 0 fully saturated rings. The second-order valence-corrected chi connectivity index (χ2v) is 4.22. The molecule has 74 valence electrons. The summed E-state index contributed by atoms with van der Waals surface area (Å²) in [7, 11) is 0. The summed E-state index contributed by atoms with van der Waals surface area (Å²) in [5, 5.41) is 0. The van der Waals surface area contributed by atoms with E-state index in [0.717, 1.165) is 11.3 Å². The molecule has 0 spiro atoms. The number of terminal acetylenes is 1. The lowest BCUT2D eigenvalue weighted by Crippen LogP contribution is -2.14. The summed E-state index contributed by atoms with van der Waals surface area (Å²) in [4.78, 5) is 0.